The molecule has 0 amide bonds. The first-order valence-electron chi connectivity index (χ1n) is 6.58. The van der Waals surface area contributed by atoms with Crippen LogP contribution >= 0.6 is 0 Å². The van der Waals surface area contributed by atoms with Crippen molar-refractivity contribution in [3.63, 3.8) is 0 Å². The van der Waals surface area contributed by atoms with Crippen molar-refractivity contribution >= 4 is 0 Å². The first-order chi connectivity index (χ1) is 8.42. The lowest BCUT2D eigenvalue weighted by atomic mass is 10.1. The molecule has 1 atom stereocenters. The minimum Gasteiger partial charge on any atom is -0.494 e. The molecule has 0 aliphatic rings. The molecule has 0 radical (unpaired) electrons. The zero-order valence-corrected chi connectivity index (χ0v) is 12.1. The van der Waals surface area contributed by atoms with E-state index in [4.69, 9.17) is 9.57 Å². The van der Waals surface area contributed by atoms with E-state index in [1.54, 1.807) is 0 Å². The number of hydrogen-bond acceptors (Lipinski definition) is 3. The second-order valence-electron chi connectivity index (χ2n) is 5.47. The summed E-state index contributed by atoms with van der Waals surface area (Å²) in [6, 6.07) is 8.29. The highest BCUT2D eigenvalue weighted by Crippen LogP contribution is 2.18. The lowest BCUT2D eigenvalue weighted by molar-refractivity contribution is -0.0866. The van der Waals surface area contributed by atoms with Gasteiger partial charge in [0.05, 0.1) is 18.2 Å². The Kier molecular flexibility index (Phi) is 5.63. The SMILES string of the molecule is CCCOc1ccc(C(C)NOC(C)(C)C)cc1. The second kappa shape index (κ2) is 6.76. The fourth-order valence-corrected chi connectivity index (χ4v) is 1.41. The van der Waals surface area contributed by atoms with E-state index in [1.807, 2.05) is 32.9 Å². The predicted molar refractivity (Wildman–Crippen MR) is 74.6 cm³/mol. The van der Waals surface area contributed by atoms with E-state index in [-0.39, 0.29) is 11.6 Å². The Morgan fingerprint density at radius 3 is 2.28 bits per heavy atom. The molecular weight excluding hydrogens is 226 g/mol. The molecule has 0 saturated carbocycles. The molecule has 3 heteroatoms. The van der Waals surface area contributed by atoms with Gasteiger partial charge in [-0.2, -0.15) is 5.48 Å². The Labute approximate surface area is 110 Å². The Bertz CT molecular complexity index is 341. The highest BCUT2D eigenvalue weighted by Gasteiger charge is 2.13. The molecule has 3 nitrogen and oxygen atoms in total. The Morgan fingerprint density at radius 1 is 1.17 bits per heavy atom. The Morgan fingerprint density at radius 2 is 1.78 bits per heavy atom. The lowest BCUT2D eigenvalue weighted by Gasteiger charge is -2.23. The maximum absolute atomic E-state index is 5.56. The van der Waals surface area contributed by atoms with Crippen LogP contribution in [0.2, 0.25) is 0 Å². The van der Waals surface area contributed by atoms with Crippen molar-refractivity contribution in [1.82, 2.24) is 5.48 Å². The standard InChI is InChI=1S/C15H25NO2/c1-6-11-17-14-9-7-13(8-10-14)12(2)16-18-15(3,4)5/h7-10,12,16H,6,11H2,1-5H3. The van der Waals surface area contributed by atoms with Crippen molar-refractivity contribution in [1.29, 1.82) is 0 Å². The number of hydroxylamine groups is 1. The molecule has 1 aromatic carbocycles. The van der Waals surface area contributed by atoms with E-state index in [1.165, 1.54) is 5.56 Å². The summed E-state index contributed by atoms with van der Waals surface area (Å²) in [4.78, 5) is 5.56. The van der Waals surface area contributed by atoms with Crippen molar-refractivity contribution in [2.45, 2.75) is 52.7 Å². The van der Waals surface area contributed by atoms with Gasteiger partial charge in [0.25, 0.3) is 0 Å². The number of benzene rings is 1. The third-order valence-corrected chi connectivity index (χ3v) is 2.39. The number of rotatable bonds is 6. The molecule has 0 heterocycles. The maximum atomic E-state index is 5.56. The minimum absolute atomic E-state index is 0.157. The average molecular weight is 251 g/mol. The van der Waals surface area contributed by atoms with E-state index in [0.29, 0.717) is 0 Å². The largest absolute Gasteiger partial charge is 0.494 e. The highest BCUT2D eigenvalue weighted by molar-refractivity contribution is 5.28. The molecule has 1 rings (SSSR count). The summed E-state index contributed by atoms with van der Waals surface area (Å²) in [6.07, 6.45) is 1.03. The number of ether oxygens (including phenoxy) is 1. The van der Waals surface area contributed by atoms with Gasteiger partial charge in [-0.05, 0) is 51.8 Å². The van der Waals surface area contributed by atoms with Gasteiger partial charge in [-0.15, -0.1) is 0 Å². The van der Waals surface area contributed by atoms with Crippen LogP contribution in [0.4, 0.5) is 0 Å². The maximum Gasteiger partial charge on any atom is 0.119 e. The minimum atomic E-state index is -0.182. The molecule has 1 unspecified atom stereocenters. The number of nitrogens with one attached hydrogen (secondary N) is 1. The molecule has 0 fully saturated rings. The van der Waals surface area contributed by atoms with Gasteiger partial charge >= 0.3 is 0 Å². The van der Waals surface area contributed by atoms with Crippen LogP contribution in [0.1, 0.15) is 52.6 Å². The topological polar surface area (TPSA) is 30.5 Å². The van der Waals surface area contributed by atoms with Gasteiger partial charge in [-0.3, -0.25) is 4.84 Å². The molecule has 18 heavy (non-hydrogen) atoms. The molecule has 0 bridgehead atoms. The molecule has 0 spiro atoms. The first kappa shape index (κ1) is 15.0. The summed E-state index contributed by atoms with van der Waals surface area (Å²) in [5, 5.41) is 0. The zero-order chi connectivity index (χ0) is 13.6. The van der Waals surface area contributed by atoms with Crippen molar-refractivity contribution in [3.05, 3.63) is 29.8 Å². The lowest BCUT2D eigenvalue weighted by Crippen LogP contribution is -2.30. The number of hydrogen-bond donors (Lipinski definition) is 1. The van der Waals surface area contributed by atoms with E-state index in [9.17, 15) is 0 Å². The summed E-state index contributed by atoms with van der Waals surface area (Å²) in [6.45, 7) is 11.0. The quantitative estimate of drug-likeness (QED) is 0.779. The average Bonchev–Trinajstić information content (AvgIpc) is 2.33. The summed E-state index contributed by atoms with van der Waals surface area (Å²) >= 11 is 0. The van der Waals surface area contributed by atoms with Crippen LogP contribution in [-0.2, 0) is 4.84 Å². The van der Waals surface area contributed by atoms with Gasteiger partial charge < -0.3 is 4.74 Å². The fraction of sp³-hybridized carbons (Fsp3) is 0.600. The van der Waals surface area contributed by atoms with Crippen LogP contribution in [0.5, 0.6) is 5.75 Å². The second-order valence-corrected chi connectivity index (χ2v) is 5.47. The van der Waals surface area contributed by atoms with Gasteiger partial charge in [-0.25, -0.2) is 0 Å². The smallest absolute Gasteiger partial charge is 0.119 e. The van der Waals surface area contributed by atoms with E-state index >= 15 is 0 Å². The van der Waals surface area contributed by atoms with E-state index in [2.05, 4.69) is 31.5 Å². The molecule has 1 aromatic rings. The van der Waals surface area contributed by atoms with Crippen LogP contribution in [0.15, 0.2) is 24.3 Å². The van der Waals surface area contributed by atoms with Gasteiger partial charge in [0, 0.05) is 0 Å². The van der Waals surface area contributed by atoms with Crippen LogP contribution in [0.3, 0.4) is 0 Å². The van der Waals surface area contributed by atoms with Crippen LogP contribution in [-0.4, -0.2) is 12.2 Å². The Hall–Kier alpha value is -1.06. The summed E-state index contributed by atoms with van der Waals surface area (Å²) in [5.41, 5.74) is 4.06. The third-order valence-electron chi connectivity index (χ3n) is 2.39. The van der Waals surface area contributed by atoms with Crippen LogP contribution in [0.25, 0.3) is 0 Å². The molecule has 0 aliphatic heterocycles. The summed E-state index contributed by atoms with van der Waals surface area (Å²) < 4.78 is 5.55. The monoisotopic (exact) mass is 251 g/mol. The summed E-state index contributed by atoms with van der Waals surface area (Å²) in [7, 11) is 0. The molecule has 102 valence electrons. The van der Waals surface area contributed by atoms with Gasteiger partial charge in [0.2, 0.25) is 0 Å². The Balaban J connectivity index is 2.51. The molecule has 1 N–H and O–H groups in total. The van der Waals surface area contributed by atoms with Crippen molar-refractivity contribution < 1.29 is 9.57 Å². The molecule has 0 saturated heterocycles. The van der Waals surface area contributed by atoms with Crippen molar-refractivity contribution in [3.8, 4) is 5.75 Å². The third kappa shape index (κ3) is 5.52. The van der Waals surface area contributed by atoms with Gasteiger partial charge in [0.15, 0.2) is 0 Å². The van der Waals surface area contributed by atoms with Gasteiger partial charge in [-0.1, -0.05) is 19.1 Å². The fourth-order valence-electron chi connectivity index (χ4n) is 1.41. The van der Waals surface area contributed by atoms with E-state index in [0.717, 1.165) is 18.8 Å². The van der Waals surface area contributed by atoms with Crippen LogP contribution in [0, 0.1) is 0 Å². The van der Waals surface area contributed by atoms with Gasteiger partial charge in [0.1, 0.15) is 5.75 Å². The molecule has 0 aliphatic carbocycles. The first-order valence-corrected chi connectivity index (χ1v) is 6.58. The van der Waals surface area contributed by atoms with E-state index < -0.39 is 0 Å². The molecule has 0 aromatic heterocycles. The van der Waals surface area contributed by atoms with Crippen LogP contribution < -0.4 is 10.2 Å². The summed E-state index contributed by atoms with van der Waals surface area (Å²) in [5.74, 6) is 0.921. The van der Waals surface area contributed by atoms with Crippen molar-refractivity contribution in [2.75, 3.05) is 6.61 Å². The predicted octanol–water partition coefficient (Wildman–Crippen LogP) is 3.86. The highest BCUT2D eigenvalue weighted by atomic mass is 16.7. The van der Waals surface area contributed by atoms with Crippen molar-refractivity contribution in [2.24, 2.45) is 0 Å². The zero-order valence-electron chi connectivity index (χ0n) is 12.1. The molecular formula is C15H25NO2. The normalized spacial score (nSPS) is 13.4.